The van der Waals surface area contributed by atoms with Gasteiger partial charge in [-0.15, -0.1) is 0 Å². The molecule has 0 radical (unpaired) electrons. The van der Waals surface area contributed by atoms with Crippen LogP contribution in [0.1, 0.15) is 32.6 Å². The van der Waals surface area contributed by atoms with Crippen LogP contribution in [0.15, 0.2) is 0 Å². The molecule has 1 N–H and O–H groups in total. The summed E-state index contributed by atoms with van der Waals surface area (Å²) in [7, 11) is 1.50. The van der Waals surface area contributed by atoms with Gasteiger partial charge < -0.3 is 10.0 Å². The Bertz CT molecular complexity index is 170. The Balaban J connectivity index is 3.95. The third-order valence-corrected chi connectivity index (χ3v) is 2.02. The lowest BCUT2D eigenvalue weighted by atomic mass is 10.1. The topological polar surface area (TPSA) is 57.6 Å². The molecule has 1 unspecified atom stereocenters. The van der Waals surface area contributed by atoms with E-state index in [1.807, 2.05) is 0 Å². The van der Waals surface area contributed by atoms with Gasteiger partial charge in [0.1, 0.15) is 6.04 Å². The van der Waals surface area contributed by atoms with Crippen LogP contribution in [-0.2, 0) is 9.59 Å². The third kappa shape index (κ3) is 4.50. The Hall–Kier alpha value is -1.06. The number of carboxylic acid groups (broad SMARTS) is 1. The fourth-order valence-electron chi connectivity index (χ4n) is 1.16. The molecule has 0 saturated carbocycles. The van der Waals surface area contributed by atoms with Gasteiger partial charge in [0.25, 0.3) is 0 Å². The second-order valence-electron chi connectivity index (χ2n) is 3.12. The zero-order valence-electron chi connectivity index (χ0n) is 8.19. The van der Waals surface area contributed by atoms with Gasteiger partial charge in [-0.2, -0.15) is 0 Å². The molecule has 0 aromatic rings. The lowest BCUT2D eigenvalue weighted by molar-refractivity contribution is -0.145. The summed E-state index contributed by atoms with van der Waals surface area (Å²) < 4.78 is 0. The van der Waals surface area contributed by atoms with Crippen molar-refractivity contribution in [2.45, 2.75) is 38.6 Å². The molecule has 0 aromatic carbocycles. The zero-order valence-corrected chi connectivity index (χ0v) is 8.19. The Labute approximate surface area is 78.5 Å². The van der Waals surface area contributed by atoms with Gasteiger partial charge >= 0.3 is 5.97 Å². The molecular weight excluding hydrogens is 170 g/mol. The molecule has 0 aliphatic heterocycles. The average molecular weight is 187 g/mol. The maximum atomic E-state index is 10.7. The molecule has 0 bridgehead atoms. The maximum Gasteiger partial charge on any atom is 0.326 e. The van der Waals surface area contributed by atoms with Gasteiger partial charge in [0.2, 0.25) is 6.41 Å². The van der Waals surface area contributed by atoms with Crippen LogP contribution in [0.5, 0.6) is 0 Å². The molecule has 1 amide bonds. The van der Waals surface area contributed by atoms with Gasteiger partial charge in [-0.3, -0.25) is 4.79 Å². The minimum atomic E-state index is -0.925. The van der Waals surface area contributed by atoms with E-state index in [9.17, 15) is 9.59 Å². The lowest BCUT2D eigenvalue weighted by Gasteiger charge is -2.19. The number of rotatable bonds is 7. The molecule has 4 heteroatoms. The predicted molar refractivity (Wildman–Crippen MR) is 49.4 cm³/mol. The van der Waals surface area contributed by atoms with E-state index in [1.54, 1.807) is 0 Å². The summed E-state index contributed by atoms with van der Waals surface area (Å²) in [5, 5.41) is 8.77. The van der Waals surface area contributed by atoms with Gasteiger partial charge in [-0.25, -0.2) is 4.79 Å². The maximum absolute atomic E-state index is 10.7. The molecule has 1 atom stereocenters. The first-order valence-electron chi connectivity index (χ1n) is 4.53. The van der Waals surface area contributed by atoms with E-state index in [0.717, 1.165) is 19.3 Å². The van der Waals surface area contributed by atoms with E-state index in [0.29, 0.717) is 12.8 Å². The second-order valence-corrected chi connectivity index (χ2v) is 3.12. The number of hydrogen-bond donors (Lipinski definition) is 1. The van der Waals surface area contributed by atoms with Crippen LogP contribution in [0.25, 0.3) is 0 Å². The number of likely N-dealkylation sites (N-methyl/N-ethyl adjacent to an activating group) is 1. The molecule has 0 aliphatic rings. The quantitative estimate of drug-likeness (QED) is 0.479. The molecule has 0 aliphatic carbocycles. The molecule has 0 heterocycles. The molecule has 0 aromatic heterocycles. The van der Waals surface area contributed by atoms with Crippen molar-refractivity contribution in [2.24, 2.45) is 0 Å². The summed E-state index contributed by atoms with van der Waals surface area (Å²) in [5.41, 5.74) is 0. The zero-order chi connectivity index (χ0) is 10.3. The van der Waals surface area contributed by atoms with Gasteiger partial charge in [-0.05, 0) is 6.42 Å². The predicted octanol–water partition coefficient (Wildman–Crippen LogP) is 1.11. The molecule has 0 saturated heterocycles. The Morgan fingerprint density at radius 3 is 2.54 bits per heavy atom. The molecule has 0 fully saturated rings. The van der Waals surface area contributed by atoms with Crippen LogP contribution in [0.3, 0.4) is 0 Å². The highest BCUT2D eigenvalue weighted by Crippen LogP contribution is 2.07. The highest BCUT2D eigenvalue weighted by Gasteiger charge is 2.20. The fourth-order valence-corrected chi connectivity index (χ4v) is 1.16. The standard InChI is InChI=1S/C9H17NO3/c1-3-4-5-6-8(9(12)13)10(2)7-11/h7-8H,3-6H2,1-2H3,(H,12,13). The van der Waals surface area contributed by atoms with E-state index in [4.69, 9.17) is 5.11 Å². The summed E-state index contributed by atoms with van der Waals surface area (Å²) >= 11 is 0. The van der Waals surface area contributed by atoms with Crippen LogP contribution in [-0.4, -0.2) is 35.5 Å². The van der Waals surface area contributed by atoms with Gasteiger partial charge in [-0.1, -0.05) is 26.2 Å². The van der Waals surface area contributed by atoms with Crippen LogP contribution >= 0.6 is 0 Å². The van der Waals surface area contributed by atoms with Crippen molar-refractivity contribution in [3.63, 3.8) is 0 Å². The molecule has 76 valence electrons. The second kappa shape index (κ2) is 6.46. The number of nitrogens with zero attached hydrogens (tertiary/aromatic N) is 1. The molecule has 4 nitrogen and oxygen atoms in total. The molecule has 0 rings (SSSR count). The first-order chi connectivity index (χ1) is 6.13. The monoisotopic (exact) mass is 187 g/mol. The SMILES string of the molecule is CCCCCC(C(=O)O)N(C)C=O. The van der Waals surface area contributed by atoms with Crippen molar-refractivity contribution >= 4 is 12.4 Å². The Morgan fingerprint density at radius 1 is 1.54 bits per heavy atom. The summed E-state index contributed by atoms with van der Waals surface area (Å²) in [4.78, 5) is 22.2. The smallest absolute Gasteiger partial charge is 0.326 e. The number of aliphatic carboxylic acids is 1. The highest BCUT2D eigenvalue weighted by molar-refractivity contribution is 5.76. The van der Waals surface area contributed by atoms with E-state index >= 15 is 0 Å². The largest absolute Gasteiger partial charge is 0.480 e. The van der Waals surface area contributed by atoms with Crippen molar-refractivity contribution < 1.29 is 14.7 Å². The van der Waals surface area contributed by atoms with E-state index in [1.165, 1.54) is 11.9 Å². The summed E-state index contributed by atoms with van der Waals surface area (Å²) in [5.74, 6) is -0.925. The Kier molecular flexibility index (Phi) is 5.93. The van der Waals surface area contributed by atoms with Gasteiger partial charge in [0.15, 0.2) is 0 Å². The van der Waals surface area contributed by atoms with Crippen LogP contribution in [0.2, 0.25) is 0 Å². The summed E-state index contributed by atoms with van der Waals surface area (Å²) in [6.07, 6.45) is 4.02. The normalized spacial score (nSPS) is 12.2. The molecule has 13 heavy (non-hydrogen) atoms. The minimum absolute atomic E-state index is 0.540. The number of hydrogen-bond acceptors (Lipinski definition) is 2. The van der Waals surface area contributed by atoms with Crippen LogP contribution in [0.4, 0.5) is 0 Å². The van der Waals surface area contributed by atoms with E-state index < -0.39 is 12.0 Å². The van der Waals surface area contributed by atoms with Crippen LogP contribution in [0, 0.1) is 0 Å². The minimum Gasteiger partial charge on any atom is -0.480 e. The fraction of sp³-hybridized carbons (Fsp3) is 0.778. The summed E-state index contributed by atoms with van der Waals surface area (Å²) in [6.45, 7) is 2.05. The van der Waals surface area contributed by atoms with Crippen molar-refractivity contribution in [3.05, 3.63) is 0 Å². The first-order valence-corrected chi connectivity index (χ1v) is 4.53. The summed E-state index contributed by atoms with van der Waals surface area (Å²) in [6, 6.07) is -0.663. The number of carboxylic acids is 1. The van der Waals surface area contributed by atoms with Crippen molar-refractivity contribution in [2.75, 3.05) is 7.05 Å². The average Bonchev–Trinajstić information content (AvgIpc) is 2.11. The van der Waals surface area contributed by atoms with Crippen molar-refractivity contribution in [1.29, 1.82) is 0 Å². The Morgan fingerprint density at radius 2 is 2.15 bits per heavy atom. The number of unbranched alkanes of at least 4 members (excludes halogenated alkanes) is 2. The van der Waals surface area contributed by atoms with Crippen molar-refractivity contribution in [1.82, 2.24) is 4.90 Å². The lowest BCUT2D eigenvalue weighted by Crippen LogP contribution is -2.37. The number of carbonyl (C=O) groups excluding carboxylic acids is 1. The third-order valence-electron chi connectivity index (χ3n) is 2.02. The van der Waals surface area contributed by atoms with Crippen molar-refractivity contribution in [3.8, 4) is 0 Å². The van der Waals surface area contributed by atoms with E-state index in [2.05, 4.69) is 6.92 Å². The molecular formula is C9H17NO3. The highest BCUT2D eigenvalue weighted by atomic mass is 16.4. The number of amides is 1. The first kappa shape index (κ1) is 11.9. The van der Waals surface area contributed by atoms with Gasteiger partial charge in [0, 0.05) is 7.05 Å². The van der Waals surface area contributed by atoms with Crippen LogP contribution < -0.4 is 0 Å². The van der Waals surface area contributed by atoms with Gasteiger partial charge in [0.05, 0.1) is 0 Å². The van der Waals surface area contributed by atoms with E-state index in [-0.39, 0.29) is 0 Å². The molecule has 0 spiro atoms. The number of carbonyl (C=O) groups is 2.